The zero-order valence-corrected chi connectivity index (χ0v) is 12.2. The molecular weight excluding hydrogens is 236 g/mol. The van der Waals surface area contributed by atoms with Crippen LogP contribution in [0.15, 0.2) is 30.3 Å². The Labute approximate surface area is 116 Å². The minimum absolute atomic E-state index is 0.0525. The van der Waals surface area contributed by atoms with Crippen molar-refractivity contribution in [1.82, 2.24) is 5.32 Å². The first-order valence-corrected chi connectivity index (χ1v) is 7.24. The smallest absolute Gasteiger partial charge is 0.237 e. The molecule has 0 fully saturated rings. The Morgan fingerprint density at radius 3 is 2.16 bits per heavy atom. The van der Waals surface area contributed by atoms with Crippen LogP contribution in [0.2, 0.25) is 0 Å². The standard InChI is InChI=1S/C16H26N2O/c1-4-12(5-2)15(13-10-8-7-9-11-13)18-16(19)14(17)6-3/h7-12,14-15H,4-6,17H2,1-3H3,(H,18,19)/t14-,15?/m1/s1. The largest absolute Gasteiger partial charge is 0.348 e. The van der Waals surface area contributed by atoms with E-state index in [4.69, 9.17) is 5.73 Å². The fourth-order valence-corrected chi connectivity index (χ4v) is 2.34. The molecule has 1 rings (SSSR count). The number of nitrogens with one attached hydrogen (secondary N) is 1. The van der Waals surface area contributed by atoms with E-state index in [1.54, 1.807) is 0 Å². The van der Waals surface area contributed by atoms with Gasteiger partial charge in [-0.15, -0.1) is 0 Å². The fraction of sp³-hybridized carbons (Fsp3) is 0.562. The Morgan fingerprint density at radius 2 is 1.68 bits per heavy atom. The lowest BCUT2D eigenvalue weighted by atomic mass is 9.88. The molecule has 3 N–H and O–H groups in total. The molecule has 1 aromatic rings. The Balaban J connectivity index is 2.90. The maximum atomic E-state index is 12.1. The van der Waals surface area contributed by atoms with Crippen LogP contribution >= 0.6 is 0 Å². The summed E-state index contributed by atoms with van der Waals surface area (Å²) in [5, 5.41) is 3.12. The van der Waals surface area contributed by atoms with Gasteiger partial charge in [0.05, 0.1) is 12.1 Å². The summed E-state index contributed by atoms with van der Waals surface area (Å²) in [6.45, 7) is 6.25. The second kappa shape index (κ2) is 7.95. The highest BCUT2D eigenvalue weighted by Gasteiger charge is 2.24. The number of hydrogen-bond acceptors (Lipinski definition) is 2. The topological polar surface area (TPSA) is 55.1 Å². The number of rotatable bonds is 7. The summed E-state index contributed by atoms with van der Waals surface area (Å²) in [6.07, 6.45) is 2.74. The van der Waals surface area contributed by atoms with Gasteiger partial charge in [-0.25, -0.2) is 0 Å². The minimum atomic E-state index is -0.416. The predicted octanol–water partition coefficient (Wildman–Crippen LogP) is 3.02. The number of carbonyl (C=O) groups is 1. The summed E-state index contributed by atoms with van der Waals surface area (Å²) in [4.78, 5) is 12.1. The third kappa shape index (κ3) is 4.35. The van der Waals surface area contributed by atoms with E-state index in [2.05, 4.69) is 31.3 Å². The maximum absolute atomic E-state index is 12.1. The Hall–Kier alpha value is -1.35. The van der Waals surface area contributed by atoms with E-state index in [0.717, 1.165) is 18.4 Å². The Bertz CT molecular complexity index is 374. The van der Waals surface area contributed by atoms with Gasteiger partial charge >= 0.3 is 0 Å². The lowest BCUT2D eigenvalue weighted by molar-refractivity contribution is -0.123. The van der Waals surface area contributed by atoms with E-state index in [0.29, 0.717) is 12.3 Å². The van der Waals surface area contributed by atoms with Crippen LogP contribution in [0, 0.1) is 5.92 Å². The third-order valence-electron chi connectivity index (χ3n) is 3.75. The van der Waals surface area contributed by atoms with Crippen LogP contribution in [0.4, 0.5) is 0 Å². The van der Waals surface area contributed by atoms with E-state index in [-0.39, 0.29) is 11.9 Å². The number of carbonyl (C=O) groups excluding carboxylic acids is 1. The molecule has 106 valence electrons. The van der Waals surface area contributed by atoms with Crippen molar-refractivity contribution >= 4 is 5.91 Å². The summed E-state index contributed by atoms with van der Waals surface area (Å²) in [5.41, 5.74) is 6.97. The second-order valence-corrected chi connectivity index (χ2v) is 4.99. The third-order valence-corrected chi connectivity index (χ3v) is 3.75. The van der Waals surface area contributed by atoms with Crippen molar-refractivity contribution in [2.75, 3.05) is 0 Å². The van der Waals surface area contributed by atoms with Crippen LogP contribution in [0.25, 0.3) is 0 Å². The monoisotopic (exact) mass is 262 g/mol. The number of hydrogen-bond donors (Lipinski definition) is 2. The molecule has 2 atom stereocenters. The predicted molar refractivity (Wildman–Crippen MR) is 79.7 cm³/mol. The molecule has 0 saturated heterocycles. The molecule has 3 heteroatoms. The molecule has 0 aliphatic heterocycles. The molecule has 0 radical (unpaired) electrons. The maximum Gasteiger partial charge on any atom is 0.237 e. The summed E-state index contributed by atoms with van der Waals surface area (Å²) >= 11 is 0. The first-order chi connectivity index (χ1) is 9.13. The molecule has 1 amide bonds. The van der Waals surface area contributed by atoms with Crippen LogP contribution in [-0.2, 0) is 4.79 Å². The van der Waals surface area contributed by atoms with Crippen molar-refractivity contribution in [3.63, 3.8) is 0 Å². The molecule has 19 heavy (non-hydrogen) atoms. The van der Waals surface area contributed by atoms with E-state index >= 15 is 0 Å². The van der Waals surface area contributed by atoms with Crippen LogP contribution in [-0.4, -0.2) is 11.9 Å². The van der Waals surface area contributed by atoms with Gasteiger partial charge < -0.3 is 11.1 Å². The summed E-state index contributed by atoms with van der Waals surface area (Å²) in [5.74, 6) is 0.388. The average molecular weight is 262 g/mol. The molecule has 3 nitrogen and oxygen atoms in total. The summed E-state index contributed by atoms with van der Waals surface area (Å²) < 4.78 is 0. The molecule has 1 unspecified atom stereocenters. The summed E-state index contributed by atoms with van der Waals surface area (Å²) in [6, 6.07) is 9.80. The molecule has 0 aliphatic carbocycles. The van der Waals surface area contributed by atoms with Crippen molar-refractivity contribution in [2.24, 2.45) is 11.7 Å². The summed E-state index contributed by atoms with van der Waals surface area (Å²) in [7, 11) is 0. The van der Waals surface area contributed by atoms with Crippen LogP contribution < -0.4 is 11.1 Å². The van der Waals surface area contributed by atoms with Gasteiger partial charge in [0, 0.05) is 0 Å². The Kier molecular flexibility index (Phi) is 6.57. The molecule has 0 aromatic heterocycles. The zero-order chi connectivity index (χ0) is 14.3. The molecule has 0 heterocycles. The highest BCUT2D eigenvalue weighted by Crippen LogP contribution is 2.27. The van der Waals surface area contributed by atoms with Crippen molar-refractivity contribution in [3.8, 4) is 0 Å². The highest BCUT2D eigenvalue weighted by atomic mass is 16.2. The van der Waals surface area contributed by atoms with E-state index < -0.39 is 6.04 Å². The van der Waals surface area contributed by atoms with Crippen LogP contribution in [0.5, 0.6) is 0 Å². The van der Waals surface area contributed by atoms with Gasteiger partial charge in [-0.05, 0) is 17.9 Å². The van der Waals surface area contributed by atoms with Crippen molar-refractivity contribution < 1.29 is 4.79 Å². The molecule has 0 spiro atoms. The van der Waals surface area contributed by atoms with Gasteiger partial charge in [0.2, 0.25) is 5.91 Å². The first-order valence-electron chi connectivity index (χ1n) is 7.24. The van der Waals surface area contributed by atoms with Crippen molar-refractivity contribution in [2.45, 2.75) is 52.1 Å². The van der Waals surface area contributed by atoms with Gasteiger partial charge in [0.1, 0.15) is 0 Å². The number of nitrogens with two attached hydrogens (primary N) is 1. The quantitative estimate of drug-likeness (QED) is 0.793. The minimum Gasteiger partial charge on any atom is -0.348 e. The second-order valence-electron chi connectivity index (χ2n) is 4.99. The van der Waals surface area contributed by atoms with Crippen molar-refractivity contribution in [3.05, 3.63) is 35.9 Å². The lowest BCUT2D eigenvalue weighted by Crippen LogP contribution is -2.43. The molecule has 0 saturated carbocycles. The van der Waals surface area contributed by atoms with E-state index in [9.17, 15) is 4.79 Å². The van der Waals surface area contributed by atoms with Gasteiger partial charge in [-0.1, -0.05) is 63.9 Å². The fourth-order valence-electron chi connectivity index (χ4n) is 2.34. The molecule has 0 bridgehead atoms. The lowest BCUT2D eigenvalue weighted by Gasteiger charge is -2.28. The van der Waals surface area contributed by atoms with E-state index in [1.165, 1.54) is 0 Å². The molecule has 1 aromatic carbocycles. The first kappa shape index (κ1) is 15.7. The number of amides is 1. The SMILES string of the molecule is CCC(CC)C(NC(=O)[C@H](N)CC)c1ccccc1. The van der Waals surface area contributed by atoms with Gasteiger partial charge in [0.15, 0.2) is 0 Å². The average Bonchev–Trinajstić information content (AvgIpc) is 2.47. The Morgan fingerprint density at radius 1 is 1.11 bits per heavy atom. The van der Waals surface area contributed by atoms with Gasteiger partial charge in [0.25, 0.3) is 0 Å². The van der Waals surface area contributed by atoms with Gasteiger partial charge in [-0.2, -0.15) is 0 Å². The van der Waals surface area contributed by atoms with Crippen LogP contribution in [0.3, 0.4) is 0 Å². The molecular formula is C16H26N2O. The zero-order valence-electron chi connectivity index (χ0n) is 12.2. The highest BCUT2D eigenvalue weighted by molar-refractivity contribution is 5.81. The van der Waals surface area contributed by atoms with Crippen LogP contribution in [0.1, 0.15) is 51.6 Å². The van der Waals surface area contributed by atoms with Gasteiger partial charge in [-0.3, -0.25) is 4.79 Å². The van der Waals surface area contributed by atoms with Crippen molar-refractivity contribution in [1.29, 1.82) is 0 Å². The number of benzene rings is 1. The van der Waals surface area contributed by atoms with E-state index in [1.807, 2.05) is 25.1 Å². The molecule has 0 aliphatic rings. The normalized spacial score (nSPS) is 14.2.